The Labute approximate surface area is 113 Å². The summed E-state index contributed by atoms with van der Waals surface area (Å²) in [4.78, 5) is 22.3. The van der Waals surface area contributed by atoms with Gasteiger partial charge in [0.25, 0.3) is 0 Å². The molecule has 0 aliphatic heterocycles. The zero-order valence-corrected chi connectivity index (χ0v) is 11.3. The number of aliphatic hydroxyl groups excluding tert-OH is 2. The second-order valence-electron chi connectivity index (χ2n) is 4.10. The van der Waals surface area contributed by atoms with Crippen LogP contribution in [-0.2, 0) is 9.59 Å². The van der Waals surface area contributed by atoms with Gasteiger partial charge in [0, 0.05) is 52.2 Å². The zero-order valence-electron chi connectivity index (χ0n) is 11.3. The topological polar surface area (TPSA) is 111 Å². The van der Waals surface area contributed by atoms with E-state index in [1.165, 1.54) is 0 Å². The molecule has 0 rings (SSSR count). The summed E-state index contributed by atoms with van der Waals surface area (Å²) in [5.41, 5.74) is 0. The Morgan fingerprint density at radius 2 is 1.16 bits per heavy atom. The van der Waals surface area contributed by atoms with Crippen LogP contribution in [0.5, 0.6) is 0 Å². The van der Waals surface area contributed by atoms with Crippen molar-refractivity contribution in [1.29, 1.82) is 0 Å². The number of amides is 2. The number of carbonyl (C=O) groups excluding carboxylic acids is 2. The molecule has 0 aliphatic carbocycles. The van der Waals surface area contributed by atoms with Gasteiger partial charge in [0.15, 0.2) is 0 Å². The molecule has 0 spiro atoms. The number of rotatable bonds is 12. The molecule has 112 valence electrons. The molecule has 0 aromatic rings. The van der Waals surface area contributed by atoms with E-state index in [0.717, 1.165) is 0 Å². The maximum atomic E-state index is 11.2. The first kappa shape index (κ1) is 17.8. The van der Waals surface area contributed by atoms with E-state index in [-0.39, 0.29) is 25.0 Å². The van der Waals surface area contributed by atoms with E-state index in [0.29, 0.717) is 51.9 Å². The molecule has 0 saturated carbocycles. The molecule has 0 aliphatic rings. The Kier molecular flexibility index (Phi) is 12.4. The summed E-state index contributed by atoms with van der Waals surface area (Å²) >= 11 is 0. The fourth-order valence-corrected chi connectivity index (χ4v) is 1.36. The van der Waals surface area contributed by atoms with Crippen LogP contribution in [0.15, 0.2) is 0 Å². The molecule has 0 aromatic heterocycles. The molecule has 0 fully saturated rings. The second kappa shape index (κ2) is 13.3. The van der Waals surface area contributed by atoms with Gasteiger partial charge >= 0.3 is 0 Å². The second-order valence-corrected chi connectivity index (χ2v) is 4.10. The summed E-state index contributed by atoms with van der Waals surface area (Å²) in [6.45, 7) is 2.39. The number of nitrogens with one attached hydrogen (secondary N) is 3. The van der Waals surface area contributed by atoms with Crippen molar-refractivity contribution in [1.82, 2.24) is 16.0 Å². The molecule has 19 heavy (non-hydrogen) atoms. The summed E-state index contributed by atoms with van der Waals surface area (Å²) in [5, 5.41) is 25.6. The van der Waals surface area contributed by atoms with E-state index < -0.39 is 0 Å². The quantitative estimate of drug-likeness (QED) is 0.274. The highest BCUT2D eigenvalue weighted by Gasteiger charge is 2.00. The van der Waals surface area contributed by atoms with Crippen LogP contribution < -0.4 is 16.0 Å². The van der Waals surface area contributed by atoms with Crippen molar-refractivity contribution in [3.8, 4) is 0 Å². The molecule has 0 bridgehead atoms. The SMILES string of the molecule is O=C(CCCO)NCCNCCNC(=O)CCCO. The zero-order chi connectivity index (χ0) is 14.3. The third-order valence-corrected chi connectivity index (χ3v) is 2.37. The summed E-state index contributed by atoms with van der Waals surface area (Å²) in [5.74, 6) is -0.124. The van der Waals surface area contributed by atoms with Crippen LogP contribution in [-0.4, -0.2) is 61.4 Å². The van der Waals surface area contributed by atoms with Gasteiger partial charge in [0.05, 0.1) is 0 Å². The van der Waals surface area contributed by atoms with Crippen LogP contribution in [0, 0.1) is 0 Å². The van der Waals surface area contributed by atoms with Gasteiger partial charge in [-0.1, -0.05) is 0 Å². The maximum absolute atomic E-state index is 11.2. The lowest BCUT2D eigenvalue weighted by atomic mass is 10.3. The van der Waals surface area contributed by atoms with Gasteiger partial charge in [0.2, 0.25) is 11.8 Å². The summed E-state index contributed by atoms with van der Waals surface area (Å²) in [6.07, 6.45) is 1.66. The highest BCUT2D eigenvalue weighted by Crippen LogP contribution is 1.86. The van der Waals surface area contributed by atoms with Crippen LogP contribution in [0.1, 0.15) is 25.7 Å². The first-order valence-electron chi connectivity index (χ1n) is 6.66. The highest BCUT2D eigenvalue weighted by molar-refractivity contribution is 5.76. The molecule has 0 unspecified atom stereocenters. The van der Waals surface area contributed by atoms with Gasteiger partial charge in [-0.25, -0.2) is 0 Å². The number of hydrogen-bond donors (Lipinski definition) is 5. The lowest BCUT2D eigenvalue weighted by Gasteiger charge is -2.07. The van der Waals surface area contributed by atoms with Gasteiger partial charge in [-0.05, 0) is 12.8 Å². The molecule has 2 amide bonds. The van der Waals surface area contributed by atoms with E-state index in [2.05, 4.69) is 16.0 Å². The third-order valence-electron chi connectivity index (χ3n) is 2.37. The van der Waals surface area contributed by atoms with Gasteiger partial charge in [0.1, 0.15) is 0 Å². The van der Waals surface area contributed by atoms with Crippen molar-refractivity contribution in [2.45, 2.75) is 25.7 Å². The van der Waals surface area contributed by atoms with Crippen LogP contribution in [0.3, 0.4) is 0 Å². The first-order chi connectivity index (χ1) is 9.20. The van der Waals surface area contributed by atoms with Gasteiger partial charge in [-0.15, -0.1) is 0 Å². The Morgan fingerprint density at radius 3 is 1.53 bits per heavy atom. The van der Waals surface area contributed by atoms with Gasteiger partial charge in [-0.2, -0.15) is 0 Å². The lowest BCUT2D eigenvalue weighted by Crippen LogP contribution is -2.36. The first-order valence-corrected chi connectivity index (χ1v) is 6.66. The van der Waals surface area contributed by atoms with E-state index in [4.69, 9.17) is 10.2 Å². The molecule has 0 heterocycles. The van der Waals surface area contributed by atoms with E-state index in [9.17, 15) is 9.59 Å². The predicted molar refractivity (Wildman–Crippen MR) is 71.5 cm³/mol. The standard InChI is InChI=1S/C12H25N3O4/c16-9-1-3-11(18)14-7-5-13-6-8-15-12(19)4-2-10-17/h13,16-17H,1-10H2,(H,14,18)(H,15,19). The summed E-state index contributed by atoms with van der Waals surface area (Å²) in [6, 6.07) is 0. The van der Waals surface area contributed by atoms with Crippen LogP contribution >= 0.6 is 0 Å². The third kappa shape index (κ3) is 13.1. The van der Waals surface area contributed by atoms with Gasteiger partial charge < -0.3 is 26.2 Å². The largest absolute Gasteiger partial charge is 0.396 e. The molecule has 0 aromatic carbocycles. The number of hydrogen-bond acceptors (Lipinski definition) is 5. The van der Waals surface area contributed by atoms with E-state index in [1.807, 2.05) is 0 Å². The Hall–Kier alpha value is -1.18. The minimum Gasteiger partial charge on any atom is -0.396 e. The Balaban J connectivity index is 3.22. The maximum Gasteiger partial charge on any atom is 0.220 e. The van der Waals surface area contributed by atoms with Crippen molar-refractivity contribution >= 4 is 11.8 Å². The minimum atomic E-state index is -0.0619. The van der Waals surface area contributed by atoms with Crippen molar-refractivity contribution in [2.75, 3.05) is 39.4 Å². The minimum absolute atomic E-state index is 0.0294. The van der Waals surface area contributed by atoms with Crippen molar-refractivity contribution in [2.24, 2.45) is 0 Å². The monoisotopic (exact) mass is 275 g/mol. The summed E-state index contributed by atoms with van der Waals surface area (Å²) in [7, 11) is 0. The summed E-state index contributed by atoms with van der Waals surface area (Å²) < 4.78 is 0. The van der Waals surface area contributed by atoms with Crippen molar-refractivity contribution in [3.63, 3.8) is 0 Å². The van der Waals surface area contributed by atoms with Crippen LogP contribution in [0.25, 0.3) is 0 Å². The number of aliphatic hydroxyl groups is 2. The normalized spacial score (nSPS) is 10.2. The number of carbonyl (C=O) groups is 2. The van der Waals surface area contributed by atoms with E-state index in [1.54, 1.807) is 0 Å². The molecular weight excluding hydrogens is 250 g/mol. The molecule has 5 N–H and O–H groups in total. The highest BCUT2D eigenvalue weighted by atomic mass is 16.3. The fourth-order valence-electron chi connectivity index (χ4n) is 1.36. The molecule has 0 radical (unpaired) electrons. The fraction of sp³-hybridized carbons (Fsp3) is 0.833. The lowest BCUT2D eigenvalue weighted by molar-refractivity contribution is -0.122. The molecule has 7 heteroatoms. The van der Waals surface area contributed by atoms with Crippen molar-refractivity contribution in [3.05, 3.63) is 0 Å². The molecule has 0 atom stereocenters. The van der Waals surface area contributed by atoms with E-state index >= 15 is 0 Å². The molecular formula is C12H25N3O4. The Morgan fingerprint density at radius 1 is 0.737 bits per heavy atom. The smallest absolute Gasteiger partial charge is 0.220 e. The molecule has 0 saturated heterocycles. The predicted octanol–water partition coefficient (Wildman–Crippen LogP) is -1.65. The van der Waals surface area contributed by atoms with Gasteiger partial charge in [-0.3, -0.25) is 9.59 Å². The van der Waals surface area contributed by atoms with Crippen LogP contribution in [0.2, 0.25) is 0 Å². The average Bonchev–Trinajstić information content (AvgIpc) is 2.41. The van der Waals surface area contributed by atoms with Crippen molar-refractivity contribution < 1.29 is 19.8 Å². The molecule has 7 nitrogen and oxygen atoms in total. The van der Waals surface area contributed by atoms with Crippen LogP contribution in [0.4, 0.5) is 0 Å². The Bertz CT molecular complexity index is 225. The average molecular weight is 275 g/mol.